The molecule has 0 N–H and O–H groups in total. The van der Waals surface area contributed by atoms with Gasteiger partial charge < -0.3 is 4.90 Å². The van der Waals surface area contributed by atoms with Crippen LogP contribution in [-0.4, -0.2) is 24.5 Å². The highest BCUT2D eigenvalue weighted by molar-refractivity contribution is 6.21. The first-order valence-electron chi connectivity index (χ1n) is 7.17. The van der Waals surface area contributed by atoms with Gasteiger partial charge in [-0.1, -0.05) is 38.1 Å². The van der Waals surface area contributed by atoms with Gasteiger partial charge in [-0.05, 0) is 49.4 Å². The van der Waals surface area contributed by atoms with Gasteiger partial charge in [0.05, 0.1) is 5.38 Å². The van der Waals surface area contributed by atoms with Gasteiger partial charge >= 0.3 is 0 Å². The summed E-state index contributed by atoms with van der Waals surface area (Å²) in [6.45, 7) is 7.93. The van der Waals surface area contributed by atoms with Crippen molar-refractivity contribution in [2.24, 2.45) is 0 Å². The predicted octanol–water partition coefficient (Wildman–Crippen LogP) is 4.58. The Balaban J connectivity index is 1.95. The molecule has 0 radical (unpaired) electrons. The lowest BCUT2D eigenvalue weighted by Gasteiger charge is -2.19. The van der Waals surface area contributed by atoms with Crippen molar-refractivity contribution in [1.82, 2.24) is 4.90 Å². The van der Waals surface area contributed by atoms with E-state index in [4.69, 9.17) is 11.6 Å². The summed E-state index contributed by atoms with van der Waals surface area (Å²) in [5.41, 5.74) is 2.68. The van der Waals surface area contributed by atoms with Crippen LogP contribution in [0.1, 0.15) is 55.5 Å². The number of benzene rings is 1. The molecule has 2 rings (SSSR count). The first-order valence-corrected chi connectivity index (χ1v) is 7.60. The zero-order valence-corrected chi connectivity index (χ0v) is 12.3. The van der Waals surface area contributed by atoms with Gasteiger partial charge in [-0.3, -0.25) is 0 Å². The first-order chi connectivity index (χ1) is 8.70. The quantitative estimate of drug-likeness (QED) is 0.705. The van der Waals surface area contributed by atoms with Gasteiger partial charge in [0, 0.05) is 6.54 Å². The minimum atomic E-state index is 0.133. The fraction of sp³-hybridized carbons (Fsp3) is 0.625. The predicted molar refractivity (Wildman–Crippen MR) is 79.4 cm³/mol. The summed E-state index contributed by atoms with van der Waals surface area (Å²) in [5.74, 6) is 0.645. The van der Waals surface area contributed by atoms with Gasteiger partial charge in [0.2, 0.25) is 0 Å². The Morgan fingerprint density at radius 2 is 1.67 bits per heavy atom. The molecule has 0 aromatic heterocycles. The Morgan fingerprint density at radius 3 is 2.22 bits per heavy atom. The number of hydrogen-bond acceptors (Lipinski definition) is 1. The summed E-state index contributed by atoms with van der Waals surface area (Å²) in [7, 11) is 0. The summed E-state index contributed by atoms with van der Waals surface area (Å²) < 4.78 is 0. The van der Waals surface area contributed by atoms with Gasteiger partial charge in [-0.25, -0.2) is 0 Å². The number of halogens is 1. The van der Waals surface area contributed by atoms with E-state index in [-0.39, 0.29) is 5.38 Å². The van der Waals surface area contributed by atoms with E-state index >= 15 is 0 Å². The van der Waals surface area contributed by atoms with Crippen LogP contribution in [0.3, 0.4) is 0 Å². The average Bonchev–Trinajstić information content (AvgIpc) is 2.91. The molecule has 0 saturated carbocycles. The van der Waals surface area contributed by atoms with Crippen LogP contribution in [-0.2, 0) is 0 Å². The van der Waals surface area contributed by atoms with Crippen molar-refractivity contribution in [2.45, 2.75) is 44.4 Å². The molecule has 0 aliphatic carbocycles. The first kappa shape index (κ1) is 13.9. The van der Waals surface area contributed by atoms with Gasteiger partial charge in [0.15, 0.2) is 0 Å². The van der Waals surface area contributed by atoms with Crippen LogP contribution in [0.5, 0.6) is 0 Å². The van der Waals surface area contributed by atoms with Crippen LogP contribution in [0.4, 0.5) is 0 Å². The number of hydrogen-bond donors (Lipinski definition) is 0. The van der Waals surface area contributed by atoms with E-state index in [0.29, 0.717) is 5.92 Å². The van der Waals surface area contributed by atoms with E-state index in [9.17, 15) is 0 Å². The molecule has 2 heteroatoms. The monoisotopic (exact) mass is 265 g/mol. The van der Waals surface area contributed by atoms with Crippen LogP contribution >= 0.6 is 11.6 Å². The topological polar surface area (TPSA) is 3.24 Å². The maximum Gasteiger partial charge on any atom is 0.0712 e. The van der Waals surface area contributed by atoms with Crippen LogP contribution in [0.2, 0.25) is 0 Å². The third-order valence-electron chi connectivity index (χ3n) is 4.10. The van der Waals surface area contributed by atoms with Gasteiger partial charge in [0.1, 0.15) is 0 Å². The zero-order chi connectivity index (χ0) is 13.0. The second-order valence-corrected chi connectivity index (χ2v) is 5.98. The van der Waals surface area contributed by atoms with Crippen molar-refractivity contribution < 1.29 is 0 Å². The highest BCUT2D eigenvalue weighted by Crippen LogP contribution is 2.26. The van der Waals surface area contributed by atoms with Crippen LogP contribution < -0.4 is 0 Å². The molecule has 18 heavy (non-hydrogen) atoms. The SMILES string of the molecule is CCC(C)c1ccc(C(Cl)CN2CCCC2)cc1. The van der Waals surface area contributed by atoms with E-state index in [1.165, 1.54) is 43.5 Å². The van der Waals surface area contributed by atoms with Crippen LogP contribution in [0.25, 0.3) is 0 Å². The number of nitrogens with zero attached hydrogens (tertiary/aromatic N) is 1. The van der Waals surface area contributed by atoms with Crippen molar-refractivity contribution in [1.29, 1.82) is 0 Å². The maximum atomic E-state index is 6.51. The average molecular weight is 266 g/mol. The van der Waals surface area contributed by atoms with E-state index in [1.807, 2.05) is 0 Å². The third kappa shape index (κ3) is 3.49. The summed E-state index contributed by atoms with van der Waals surface area (Å²) in [6, 6.07) is 8.89. The van der Waals surface area contributed by atoms with Crippen LogP contribution in [0, 0.1) is 0 Å². The second-order valence-electron chi connectivity index (χ2n) is 5.45. The summed E-state index contributed by atoms with van der Waals surface area (Å²) >= 11 is 6.51. The fourth-order valence-corrected chi connectivity index (χ4v) is 2.91. The lowest BCUT2D eigenvalue weighted by molar-refractivity contribution is 0.339. The molecule has 100 valence electrons. The molecule has 0 bridgehead atoms. The van der Waals surface area contributed by atoms with Crippen molar-refractivity contribution in [3.05, 3.63) is 35.4 Å². The molecule has 1 nitrogen and oxygen atoms in total. The van der Waals surface area contributed by atoms with Crippen molar-refractivity contribution in [2.75, 3.05) is 19.6 Å². The standard InChI is InChI=1S/C16H24ClN/c1-3-13(2)14-6-8-15(9-7-14)16(17)12-18-10-4-5-11-18/h6-9,13,16H,3-5,10-12H2,1-2H3. The van der Waals surface area contributed by atoms with Crippen molar-refractivity contribution in [3.63, 3.8) is 0 Å². The molecular formula is C16H24ClN. The highest BCUT2D eigenvalue weighted by atomic mass is 35.5. The zero-order valence-electron chi connectivity index (χ0n) is 11.5. The fourth-order valence-electron chi connectivity index (χ4n) is 2.57. The summed E-state index contributed by atoms with van der Waals surface area (Å²) in [4.78, 5) is 2.47. The molecule has 2 unspecified atom stereocenters. The van der Waals surface area contributed by atoms with E-state index in [0.717, 1.165) is 6.54 Å². The van der Waals surface area contributed by atoms with E-state index < -0.39 is 0 Å². The van der Waals surface area contributed by atoms with Crippen LogP contribution in [0.15, 0.2) is 24.3 Å². The van der Waals surface area contributed by atoms with E-state index in [2.05, 4.69) is 43.0 Å². The molecule has 1 aliphatic heterocycles. The number of likely N-dealkylation sites (tertiary alicyclic amines) is 1. The molecule has 0 amide bonds. The third-order valence-corrected chi connectivity index (χ3v) is 4.49. The Labute approximate surface area is 116 Å². The molecule has 2 atom stereocenters. The number of alkyl halides is 1. The minimum absolute atomic E-state index is 0.133. The summed E-state index contributed by atoms with van der Waals surface area (Å²) in [5, 5.41) is 0.133. The molecule has 1 aliphatic rings. The highest BCUT2D eigenvalue weighted by Gasteiger charge is 2.17. The molecule has 1 aromatic carbocycles. The molecule has 1 heterocycles. The van der Waals surface area contributed by atoms with Crippen molar-refractivity contribution >= 4 is 11.6 Å². The van der Waals surface area contributed by atoms with Crippen molar-refractivity contribution in [3.8, 4) is 0 Å². The molecule has 1 aromatic rings. The summed E-state index contributed by atoms with van der Waals surface area (Å²) in [6.07, 6.45) is 3.85. The molecule has 1 fully saturated rings. The molecule has 1 saturated heterocycles. The lowest BCUT2D eigenvalue weighted by Crippen LogP contribution is -2.23. The number of rotatable bonds is 5. The Hall–Kier alpha value is -0.530. The largest absolute Gasteiger partial charge is 0.302 e. The Kier molecular flexibility index (Phi) is 5.08. The second kappa shape index (κ2) is 6.58. The lowest BCUT2D eigenvalue weighted by atomic mass is 9.97. The Bertz CT molecular complexity index is 354. The molecular weight excluding hydrogens is 242 g/mol. The smallest absolute Gasteiger partial charge is 0.0712 e. The van der Waals surface area contributed by atoms with Gasteiger partial charge in [-0.2, -0.15) is 0 Å². The van der Waals surface area contributed by atoms with E-state index in [1.54, 1.807) is 0 Å². The minimum Gasteiger partial charge on any atom is -0.302 e. The maximum absolute atomic E-state index is 6.51. The normalized spacial score (nSPS) is 19.9. The molecule has 0 spiro atoms. The van der Waals surface area contributed by atoms with Gasteiger partial charge in [0.25, 0.3) is 0 Å². The Morgan fingerprint density at radius 1 is 1.11 bits per heavy atom. The van der Waals surface area contributed by atoms with Gasteiger partial charge in [-0.15, -0.1) is 11.6 Å².